The van der Waals surface area contributed by atoms with Crippen molar-refractivity contribution in [1.29, 1.82) is 0 Å². The summed E-state index contributed by atoms with van der Waals surface area (Å²) in [5.41, 5.74) is 3.20. The van der Waals surface area contributed by atoms with E-state index in [1.165, 1.54) is 42.4 Å². The van der Waals surface area contributed by atoms with E-state index in [-0.39, 0.29) is 46.8 Å². The van der Waals surface area contributed by atoms with Crippen molar-refractivity contribution in [2.45, 2.75) is 84.1 Å². The Kier molecular flexibility index (Phi) is 10.0. The summed E-state index contributed by atoms with van der Waals surface area (Å²) in [6.45, 7) is 10.6. The zero-order chi connectivity index (χ0) is 33.1. The predicted octanol–water partition coefficient (Wildman–Crippen LogP) is 5.90. The van der Waals surface area contributed by atoms with Crippen molar-refractivity contribution >= 4 is 27.8 Å². The van der Waals surface area contributed by atoms with Gasteiger partial charge in [0.25, 0.3) is 15.9 Å². The van der Waals surface area contributed by atoms with Gasteiger partial charge in [0.1, 0.15) is 13.2 Å². The van der Waals surface area contributed by atoms with Crippen molar-refractivity contribution in [3.63, 3.8) is 0 Å². The number of amides is 2. The Hall–Kier alpha value is -3.99. The van der Waals surface area contributed by atoms with Crippen LogP contribution < -0.4 is 14.8 Å². The summed E-state index contributed by atoms with van der Waals surface area (Å²) in [6, 6.07) is 12.9. The van der Waals surface area contributed by atoms with E-state index in [0.29, 0.717) is 24.6 Å². The van der Waals surface area contributed by atoms with E-state index in [1.54, 1.807) is 12.1 Å². The van der Waals surface area contributed by atoms with Crippen LogP contribution in [0.25, 0.3) is 11.3 Å². The maximum Gasteiger partial charge on any atom is 0.264 e. The number of ether oxygens (including phenoxy) is 1. The second-order valence-corrected chi connectivity index (χ2v) is 15.5. The van der Waals surface area contributed by atoms with Gasteiger partial charge in [-0.3, -0.25) is 9.59 Å². The number of carbonyl (C=O) groups excluding carboxylic acids is 2. The molecule has 1 fully saturated rings. The quantitative estimate of drug-likeness (QED) is 0.341. The van der Waals surface area contributed by atoms with E-state index in [0.717, 1.165) is 29.5 Å². The van der Waals surface area contributed by atoms with Crippen molar-refractivity contribution in [1.82, 2.24) is 20.2 Å². The highest BCUT2D eigenvalue weighted by atomic mass is 32.2. The molecule has 4 bridgehead atoms. The summed E-state index contributed by atoms with van der Waals surface area (Å²) >= 11 is 0. The van der Waals surface area contributed by atoms with Crippen LogP contribution in [0.1, 0.15) is 80.8 Å². The van der Waals surface area contributed by atoms with Crippen LogP contribution in [0.15, 0.2) is 53.4 Å². The first-order valence-electron chi connectivity index (χ1n) is 16.1. The van der Waals surface area contributed by atoms with Gasteiger partial charge in [-0.1, -0.05) is 64.3 Å². The van der Waals surface area contributed by atoms with Crippen LogP contribution in [0.4, 0.5) is 5.95 Å². The van der Waals surface area contributed by atoms with Crippen molar-refractivity contribution in [3.05, 3.63) is 65.2 Å². The molecule has 1 aliphatic heterocycles. The molecule has 2 aliphatic rings. The Morgan fingerprint density at radius 3 is 2.41 bits per heavy atom. The summed E-state index contributed by atoms with van der Waals surface area (Å²) in [5.74, 6) is -0.253. The van der Waals surface area contributed by atoms with E-state index in [1.807, 2.05) is 32.0 Å². The highest BCUT2D eigenvalue weighted by molar-refractivity contribution is 7.92. The lowest BCUT2D eigenvalue weighted by molar-refractivity contribution is -0.122. The highest BCUT2D eigenvalue weighted by Crippen LogP contribution is 2.31. The van der Waals surface area contributed by atoms with Crippen molar-refractivity contribution in [3.8, 4) is 17.1 Å². The molecule has 246 valence electrons. The average Bonchev–Trinajstić information content (AvgIpc) is 3.00. The first-order valence-corrected chi connectivity index (χ1v) is 17.6. The van der Waals surface area contributed by atoms with Crippen LogP contribution >= 0.6 is 0 Å². The van der Waals surface area contributed by atoms with E-state index < -0.39 is 22.0 Å². The molecule has 0 spiro atoms. The first kappa shape index (κ1) is 33.4. The molecule has 11 heteroatoms. The van der Waals surface area contributed by atoms with Crippen LogP contribution in [0.3, 0.4) is 0 Å². The fourth-order valence-corrected chi connectivity index (χ4v) is 7.40. The van der Waals surface area contributed by atoms with Crippen molar-refractivity contribution < 1.29 is 22.7 Å². The van der Waals surface area contributed by atoms with E-state index in [4.69, 9.17) is 4.74 Å². The molecule has 46 heavy (non-hydrogen) atoms. The first-order chi connectivity index (χ1) is 21.8. The Morgan fingerprint density at radius 1 is 1.02 bits per heavy atom. The van der Waals surface area contributed by atoms with Gasteiger partial charge < -0.3 is 15.0 Å². The zero-order valence-corrected chi connectivity index (χ0v) is 28.2. The Morgan fingerprint density at radius 2 is 1.72 bits per heavy atom. The van der Waals surface area contributed by atoms with Gasteiger partial charge in [0.2, 0.25) is 17.7 Å². The van der Waals surface area contributed by atoms with Gasteiger partial charge in [0.15, 0.2) is 0 Å². The number of fused-ring (bicyclic) bond motifs is 4. The number of benzene rings is 2. The molecule has 1 saturated carbocycles. The molecule has 2 heterocycles. The monoisotopic (exact) mass is 647 g/mol. The number of anilines is 1. The SMILES string of the molecule is Cc1cccc(C)c1-c1cc2nc(n1)NS(=O)(=O)c1cccc(c1)C(=O)N(CC(=O)NCC1CCCCC1)[C@H](CC(C)(C)C)CO2. The number of aromatic nitrogens is 2. The maximum absolute atomic E-state index is 14.2. The average molecular weight is 648 g/mol. The molecular formula is C35H45N5O5S. The van der Waals surface area contributed by atoms with Gasteiger partial charge >= 0.3 is 0 Å². The third-order valence-electron chi connectivity index (χ3n) is 8.66. The number of nitrogens with zero attached hydrogens (tertiary/aromatic N) is 3. The Labute approximate surface area is 272 Å². The largest absolute Gasteiger partial charge is 0.475 e. The van der Waals surface area contributed by atoms with E-state index in [9.17, 15) is 18.0 Å². The number of carbonyl (C=O) groups is 2. The number of sulfonamides is 1. The number of hydrogen-bond acceptors (Lipinski definition) is 7. The summed E-state index contributed by atoms with van der Waals surface area (Å²) in [4.78, 5) is 38.0. The minimum atomic E-state index is -4.19. The van der Waals surface area contributed by atoms with E-state index in [2.05, 4.69) is 40.8 Å². The normalized spacial score (nSPS) is 18.8. The third kappa shape index (κ3) is 8.23. The fraction of sp³-hybridized carbons (Fsp3) is 0.486. The topological polar surface area (TPSA) is 131 Å². The molecule has 2 aromatic carbocycles. The molecular weight excluding hydrogens is 602 g/mol. The van der Waals surface area contributed by atoms with Gasteiger partial charge in [0.05, 0.1) is 16.6 Å². The molecule has 3 aromatic rings. The van der Waals surface area contributed by atoms with Gasteiger partial charge in [-0.05, 0) is 73.8 Å². The summed E-state index contributed by atoms with van der Waals surface area (Å²) in [7, 11) is -4.19. The Bertz CT molecular complexity index is 1680. The summed E-state index contributed by atoms with van der Waals surface area (Å²) in [5, 5.41) is 3.06. The molecule has 1 aliphatic carbocycles. The summed E-state index contributed by atoms with van der Waals surface area (Å²) < 4.78 is 36.0. The maximum atomic E-state index is 14.2. The standard InChI is InChI=1S/C35H45N5O5S/c1-23-11-9-12-24(2)32(23)29-18-31-38-34(37-29)39-46(43,44)28-16-10-15-26(17-28)33(42)40(27(22-45-31)19-35(3,4)5)21-30(41)36-20-25-13-7-6-8-14-25/h9-12,15-18,25,27H,6-8,13-14,19-22H2,1-5H3,(H,36,41)(H,37,38,39)/t27-/m1/s1. The molecule has 0 saturated heterocycles. The number of rotatable bonds is 6. The lowest BCUT2D eigenvalue weighted by Crippen LogP contribution is -2.50. The number of nitrogens with one attached hydrogen (secondary N) is 2. The molecule has 2 N–H and O–H groups in total. The van der Waals surface area contributed by atoms with Crippen molar-refractivity contribution in [2.75, 3.05) is 24.4 Å². The van der Waals surface area contributed by atoms with Crippen molar-refractivity contribution in [2.24, 2.45) is 11.3 Å². The van der Waals surface area contributed by atoms with Gasteiger partial charge in [-0.15, -0.1) is 0 Å². The molecule has 10 nitrogen and oxygen atoms in total. The fourth-order valence-electron chi connectivity index (χ4n) is 6.41. The van der Waals surface area contributed by atoms with E-state index >= 15 is 0 Å². The third-order valence-corrected chi connectivity index (χ3v) is 9.98. The lowest BCUT2D eigenvalue weighted by atomic mass is 9.87. The van der Waals surface area contributed by atoms with Gasteiger partial charge in [0, 0.05) is 23.7 Å². The molecule has 0 unspecified atom stereocenters. The molecule has 1 atom stereocenters. The minimum absolute atomic E-state index is 0.0357. The zero-order valence-electron chi connectivity index (χ0n) is 27.4. The molecule has 5 rings (SSSR count). The van der Waals surface area contributed by atoms with Crippen LogP contribution in [0.5, 0.6) is 5.88 Å². The molecule has 2 amide bonds. The summed E-state index contributed by atoms with van der Waals surface area (Å²) in [6.07, 6.45) is 6.26. The van der Waals surface area contributed by atoms with Gasteiger partial charge in [-0.2, -0.15) is 4.98 Å². The molecule has 1 aromatic heterocycles. The number of aryl methyl sites for hydroxylation is 2. The van der Waals surface area contributed by atoms with Crippen LogP contribution in [0.2, 0.25) is 0 Å². The lowest BCUT2D eigenvalue weighted by Gasteiger charge is -2.35. The Balaban J connectivity index is 1.56. The second kappa shape index (κ2) is 13.8. The van der Waals surface area contributed by atoms with Gasteiger partial charge in [-0.25, -0.2) is 18.1 Å². The predicted molar refractivity (Wildman–Crippen MR) is 178 cm³/mol. The minimum Gasteiger partial charge on any atom is -0.475 e. The smallest absolute Gasteiger partial charge is 0.264 e. The molecule has 0 radical (unpaired) electrons. The van der Waals surface area contributed by atoms with Crippen LogP contribution in [0, 0.1) is 25.2 Å². The van der Waals surface area contributed by atoms with Crippen LogP contribution in [-0.4, -0.2) is 60.8 Å². The second-order valence-electron chi connectivity index (χ2n) is 13.8. The highest BCUT2D eigenvalue weighted by Gasteiger charge is 2.33. The number of hydrogen-bond donors (Lipinski definition) is 2. The van der Waals surface area contributed by atoms with Crippen LogP contribution in [-0.2, 0) is 14.8 Å².